The van der Waals surface area contributed by atoms with E-state index < -0.39 is 0 Å². The van der Waals surface area contributed by atoms with Crippen LogP contribution in [0, 0.1) is 5.41 Å². The van der Waals surface area contributed by atoms with E-state index in [2.05, 4.69) is 73.9 Å². The predicted molar refractivity (Wildman–Crippen MR) is 99.1 cm³/mol. The second kappa shape index (κ2) is 7.33. The topological polar surface area (TPSA) is 21.3 Å². The van der Waals surface area contributed by atoms with Crippen LogP contribution in [-0.2, 0) is 0 Å². The molecule has 2 rings (SSSR count). The first-order valence-corrected chi connectivity index (χ1v) is 9.84. The van der Waals surface area contributed by atoms with Crippen LogP contribution in [-0.4, -0.2) is 18.7 Å². The minimum Gasteiger partial charge on any atom is -0.487 e. The molecule has 3 atom stereocenters. The van der Waals surface area contributed by atoms with Gasteiger partial charge in [0.2, 0.25) is 0 Å². The standard InChI is InChI=1S/C16H22Br3NO/c1-4-6-20-13-9-14(16(13,3)5-2)21-15-11(18)7-10(17)8-12(15)19/h7-8,13-14,20H,4-6,9H2,1-3H3. The number of hydrogen-bond acceptors (Lipinski definition) is 2. The SMILES string of the molecule is CCCNC1CC(Oc2c(Br)cc(Br)cc2Br)C1(C)CC. The fourth-order valence-electron chi connectivity index (χ4n) is 2.89. The van der Waals surface area contributed by atoms with Gasteiger partial charge in [-0.15, -0.1) is 0 Å². The highest BCUT2D eigenvalue weighted by Gasteiger charge is 2.52. The van der Waals surface area contributed by atoms with Crippen molar-refractivity contribution in [3.8, 4) is 5.75 Å². The fourth-order valence-corrected chi connectivity index (χ4v) is 5.34. The molecule has 5 heteroatoms. The van der Waals surface area contributed by atoms with Gasteiger partial charge in [0.15, 0.2) is 0 Å². The van der Waals surface area contributed by atoms with E-state index in [4.69, 9.17) is 4.74 Å². The van der Waals surface area contributed by atoms with Crippen LogP contribution in [0.1, 0.15) is 40.0 Å². The molecule has 118 valence electrons. The second-order valence-electron chi connectivity index (χ2n) is 5.91. The van der Waals surface area contributed by atoms with Crippen LogP contribution >= 0.6 is 47.8 Å². The number of nitrogens with one attached hydrogen (secondary N) is 1. The molecule has 0 aliphatic heterocycles. The highest BCUT2D eigenvalue weighted by Crippen LogP contribution is 2.48. The molecule has 0 radical (unpaired) electrons. The Balaban J connectivity index is 2.11. The summed E-state index contributed by atoms with van der Waals surface area (Å²) in [5.41, 5.74) is 0.196. The summed E-state index contributed by atoms with van der Waals surface area (Å²) in [5, 5.41) is 3.65. The lowest BCUT2D eigenvalue weighted by molar-refractivity contribution is -0.0708. The van der Waals surface area contributed by atoms with Gasteiger partial charge in [-0.3, -0.25) is 0 Å². The van der Waals surface area contributed by atoms with E-state index in [0.29, 0.717) is 6.04 Å². The van der Waals surface area contributed by atoms with E-state index in [1.807, 2.05) is 12.1 Å². The molecule has 1 aliphatic rings. The third kappa shape index (κ3) is 3.67. The average Bonchev–Trinajstić information content (AvgIpc) is 2.43. The number of ether oxygens (including phenoxy) is 1. The van der Waals surface area contributed by atoms with Crippen LogP contribution in [0.15, 0.2) is 25.6 Å². The van der Waals surface area contributed by atoms with Gasteiger partial charge in [-0.1, -0.05) is 36.7 Å². The van der Waals surface area contributed by atoms with E-state index in [0.717, 1.165) is 38.6 Å². The second-order valence-corrected chi connectivity index (χ2v) is 8.53. The largest absolute Gasteiger partial charge is 0.487 e. The first-order chi connectivity index (χ1) is 9.92. The molecule has 1 aromatic rings. The molecule has 0 spiro atoms. The summed E-state index contributed by atoms with van der Waals surface area (Å²) in [6, 6.07) is 4.60. The van der Waals surface area contributed by atoms with Crippen LogP contribution in [0.3, 0.4) is 0 Å². The molecule has 1 N–H and O–H groups in total. The third-order valence-corrected chi connectivity index (χ3v) is 6.24. The van der Waals surface area contributed by atoms with Gasteiger partial charge in [-0.2, -0.15) is 0 Å². The Bertz CT molecular complexity index is 485. The van der Waals surface area contributed by atoms with Crippen molar-refractivity contribution in [1.29, 1.82) is 0 Å². The zero-order chi connectivity index (χ0) is 15.6. The summed E-state index contributed by atoms with van der Waals surface area (Å²) in [5.74, 6) is 0.900. The quantitative estimate of drug-likeness (QED) is 0.543. The summed E-state index contributed by atoms with van der Waals surface area (Å²) in [7, 11) is 0. The summed E-state index contributed by atoms with van der Waals surface area (Å²) in [4.78, 5) is 0. The van der Waals surface area contributed by atoms with Crippen LogP contribution in [0.25, 0.3) is 0 Å². The molecule has 0 bridgehead atoms. The molecule has 0 amide bonds. The maximum Gasteiger partial charge on any atom is 0.148 e. The summed E-state index contributed by atoms with van der Waals surface area (Å²) in [6.07, 6.45) is 3.61. The van der Waals surface area contributed by atoms with Gasteiger partial charge in [0.25, 0.3) is 0 Å². The van der Waals surface area contributed by atoms with Crippen molar-refractivity contribution in [3.05, 3.63) is 25.6 Å². The first-order valence-electron chi connectivity index (χ1n) is 7.47. The lowest BCUT2D eigenvalue weighted by Crippen LogP contribution is -2.63. The summed E-state index contributed by atoms with van der Waals surface area (Å²) in [6.45, 7) is 7.87. The minimum atomic E-state index is 0.196. The van der Waals surface area contributed by atoms with E-state index >= 15 is 0 Å². The van der Waals surface area contributed by atoms with Gasteiger partial charge >= 0.3 is 0 Å². The van der Waals surface area contributed by atoms with Crippen molar-refractivity contribution in [2.24, 2.45) is 5.41 Å². The molecule has 3 unspecified atom stereocenters. The molecule has 0 heterocycles. The minimum absolute atomic E-state index is 0.196. The zero-order valence-corrected chi connectivity index (χ0v) is 17.4. The molecule has 1 fully saturated rings. The number of rotatable bonds is 6. The maximum absolute atomic E-state index is 6.33. The molecular formula is C16H22Br3NO. The van der Waals surface area contributed by atoms with Gasteiger partial charge in [-0.05, 0) is 63.4 Å². The molecule has 1 aliphatic carbocycles. The lowest BCUT2D eigenvalue weighted by atomic mass is 9.61. The number of hydrogen-bond donors (Lipinski definition) is 1. The van der Waals surface area contributed by atoms with E-state index in [9.17, 15) is 0 Å². The molecular weight excluding hydrogens is 462 g/mol. The summed E-state index contributed by atoms with van der Waals surface area (Å²) < 4.78 is 9.32. The Morgan fingerprint density at radius 2 is 1.86 bits per heavy atom. The van der Waals surface area contributed by atoms with Crippen molar-refractivity contribution in [1.82, 2.24) is 5.32 Å². The van der Waals surface area contributed by atoms with E-state index in [1.165, 1.54) is 6.42 Å². The van der Waals surface area contributed by atoms with Crippen molar-refractivity contribution in [2.45, 2.75) is 52.2 Å². The lowest BCUT2D eigenvalue weighted by Gasteiger charge is -2.53. The molecule has 0 saturated heterocycles. The van der Waals surface area contributed by atoms with E-state index in [-0.39, 0.29) is 11.5 Å². The van der Waals surface area contributed by atoms with Gasteiger partial charge in [0, 0.05) is 22.4 Å². The van der Waals surface area contributed by atoms with Gasteiger partial charge in [-0.25, -0.2) is 0 Å². The zero-order valence-electron chi connectivity index (χ0n) is 12.7. The van der Waals surface area contributed by atoms with Crippen LogP contribution in [0.5, 0.6) is 5.75 Å². The molecule has 0 aromatic heterocycles. The summed E-state index contributed by atoms with van der Waals surface area (Å²) >= 11 is 10.7. The van der Waals surface area contributed by atoms with Crippen LogP contribution in [0.2, 0.25) is 0 Å². The molecule has 2 nitrogen and oxygen atoms in total. The Labute approximate surface area is 152 Å². The maximum atomic E-state index is 6.33. The van der Waals surface area contributed by atoms with Crippen molar-refractivity contribution >= 4 is 47.8 Å². The number of benzene rings is 1. The monoisotopic (exact) mass is 481 g/mol. The predicted octanol–water partition coefficient (Wildman–Crippen LogP) is 5.91. The molecule has 1 saturated carbocycles. The highest BCUT2D eigenvalue weighted by molar-refractivity contribution is 9.11. The molecule has 21 heavy (non-hydrogen) atoms. The van der Waals surface area contributed by atoms with Crippen molar-refractivity contribution < 1.29 is 4.74 Å². The molecule has 1 aromatic carbocycles. The highest BCUT2D eigenvalue weighted by atomic mass is 79.9. The Kier molecular flexibility index (Phi) is 6.20. The smallest absolute Gasteiger partial charge is 0.148 e. The van der Waals surface area contributed by atoms with Gasteiger partial charge < -0.3 is 10.1 Å². The van der Waals surface area contributed by atoms with Crippen LogP contribution in [0.4, 0.5) is 0 Å². The Morgan fingerprint density at radius 3 is 2.38 bits per heavy atom. The number of halogens is 3. The van der Waals surface area contributed by atoms with Crippen molar-refractivity contribution in [2.75, 3.05) is 6.54 Å². The van der Waals surface area contributed by atoms with Gasteiger partial charge in [0.05, 0.1) is 8.95 Å². The average molecular weight is 484 g/mol. The van der Waals surface area contributed by atoms with Crippen LogP contribution < -0.4 is 10.1 Å². The Hall–Kier alpha value is 0.420. The normalized spacial score (nSPS) is 28.3. The Morgan fingerprint density at radius 1 is 1.24 bits per heavy atom. The van der Waals surface area contributed by atoms with E-state index in [1.54, 1.807) is 0 Å². The van der Waals surface area contributed by atoms with Gasteiger partial charge in [0.1, 0.15) is 11.9 Å². The van der Waals surface area contributed by atoms with Crippen molar-refractivity contribution in [3.63, 3.8) is 0 Å². The fraction of sp³-hybridized carbons (Fsp3) is 0.625. The first kappa shape index (κ1) is 17.8. The third-order valence-electron chi connectivity index (χ3n) is 4.61.